The van der Waals surface area contributed by atoms with Gasteiger partial charge in [-0.1, -0.05) is 50.2 Å². The molecule has 36 heavy (non-hydrogen) atoms. The molecule has 2 fully saturated rings. The molecule has 5 rings (SSSR count). The number of benzene rings is 2. The molecule has 0 saturated heterocycles. The molecule has 2 bridgehead atoms. The fourth-order valence-electron chi connectivity index (χ4n) is 6.17. The molecule has 186 valence electrons. The number of anilines is 1. The lowest BCUT2D eigenvalue weighted by Gasteiger charge is -2.39. The van der Waals surface area contributed by atoms with Crippen molar-refractivity contribution in [1.29, 1.82) is 0 Å². The van der Waals surface area contributed by atoms with Gasteiger partial charge in [0.15, 0.2) is 0 Å². The first-order valence-electron chi connectivity index (χ1n) is 12.2. The van der Waals surface area contributed by atoms with E-state index >= 15 is 0 Å². The zero-order valence-corrected chi connectivity index (χ0v) is 21.2. The summed E-state index contributed by atoms with van der Waals surface area (Å²) in [6.45, 7) is 10.3. The van der Waals surface area contributed by atoms with Crippen LogP contribution >= 0.6 is 0 Å². The van der Waals surface area contributed by atoms with Gasteiger partial charge in [0.2, 0.25) is 5.91 Å². The highest BCUT2D eigenvalue weighted by Crippen LogP contribution is 2.71. The summed E-state index contributed by atoms with van der Waals surface area (Å²) < 4.78 is 5.25. The van der Waals surface area contributed by atoms with Crippen molar-refractivity contribution >= 4 is 34.2 Å². The number of para-hydroxylation sites is 1. The van der Waals surface area contributed by atoms with Gasteiger partial charge in [0, 0.05) is 22.9 Å². The summed E-state index contributed by atoms with van der Waals surface area (Å²) in [5.41, 5.74) is 1.46. The van der Waals surface area contributed by atoms with Crippen LogP contribution < -0.4 is 10.9 Å². The molecule has 2 aliphatic rings. The van der Waals surface area contributed by atoms with Crippen molar-refractivity contribution in [1.82, 2.24) is 0 Å². The third kappa shape index (κ3) is 3.48. The topological polar surface area (TPSA) is 98.0 Å². The average molecular weight is 487 g/mol. The standard InChI is InChI=1S/C29H30N2O5/c1-17-12-18(2)14-20(13-17)30-26(34)29-11-10-28(5,27(29,3)4)23(16-29)31-36-25(33)21-15-19-8-6-7-9-22(19)35-24(21)32/h6-9,12-15H,10-11,16H2,1-5H3,(H,30,34)/b31-23-. The Morgan fingerprint density at radius 2 is 1.69 bits per heavy atom. The molecule has 0 radical (unpaired) electrons. The van der Waals surface area contributed by atoms with E-state index in [0.717, 1.165) is 23.2 Å². The number of nitrogens with one attached hydrogen (secondary N) is 1. The first kappa shape index (κ1) is 24.0. The minimum atomic E-state index is -0.875. The van der Waals surface area contributed by atoms with Crippen molar-refractivity contribution in [3.05, 3.63) is 75.6 Å². The van der Waals surface area contributed by atoms with E-state index in [1.54, 1.807) is 24.3 Å². The first-order chi connectivity index (χ1) is 17.0. The van der Waals surface area contributed by atoms with Crippen LogP contribution in [-0.4, -0.2) is 17.6 Å². The molecule has 0 spiro atoms. The monoisotopic (exact) mass is 486 g/mol. The second-order valence-electron chi connectivity index (χ2n) is 10.9. The summed E-state index contributed by atoms with van der Waals surface area (Å²) in [7, 11) is 0. The molecule has 2 unspecified atom stereocenters. The second kappa shape index (κ2) is 8.15. The predicted octanol–water partition coefficient (Wildman–Crippen LogP) is 5.78. The SMILES string of the molecule is Cc1cc(C)cc(NC(=O)C23CCC(C)(/C(=N\OC(=O)c4cc5ccccc5oc4=O)C2)C3(C)C)c1. The zero-order valence-electron chi connectivity index (χ0n) is 21.2. The van der Waals surface area contributed by atoms with E-state index in [1.165, 1.54) is 6.07 Å². The number of aryl methyl sites for hydroxylation is 2. The lowest BCUT2D eigenvalue weighted by Crippen LogP contribution is -2.43. The van der Waals surface area contributed by atoms with E-state index in [-0.39, 0.29) is 11.5 Å². The normalized spacial score (nSPS) is 25.3. The summed E-state index contributed by atoms with van der Waals surface area (Å²) in [5.74, 6) is -0.923. The number of oxime groups is 1. The molecule has 2 aliphatic carbocycles. The summed E-state index contributed by atoms with van der Waals surface area (Å²) in [5, 5.41) is 7.99. The van der Waals surface area contributed by atoms with Gasteiger partial charge >= 0.3 is 11.6 Å². The number of nitrogens with zero attached hydrogens (tertiary/aromatic N) is 1. The highest BCUT2D eigenvalue weighted by molar-refractivity contribution is 6.06. The zero-order chi connectivity index (χ0) is 25.9. The van der Waals surface area contributed by atoms with Crippen LogP contribution in [0.2, 0.25) is 0 Å². The molecular formula is C29H30N2O5. The van der Waals surface area contributed by atoms with Gasteiger partial charge in [0.1, 0.15) is 11.1 Å². The van der Waals surface area contributed by atoms with Gasteiger partial charge in [-0.05, 0) is 67.5 Å². The van der Waals surface area contributed by atoms with Crippen molar-refractivity contribution < 1.29 is 18.8 Å². The highest BCUT2D eigenvalue weighted by atomic mass is 16.7. The Hall–Kier alpha value is -3.74. The summed E-state index contributed by atoms with van der Waals surface area (Å²) in [4.78, 5) is 44.2. The molecule has 0 aliphatic heterocycles. The van der Waals surface area contributed by atoms with Crippen LogP contribution in [0.4, 0.5) is 5.69 Å². The Kier molecular flexibility index (Phi) is 5.43. The Morgan fingerprint density at radius 3 is 2.42 bits per heavy atom. The number of carbonyl (C=O) groups excluding carboxylic acids is 2. The van der Waals surface area contributed by atoms with Crippen molar-refractivity contribution in [2.24, 2.45) is 21.4 Å². The van der Waals surface area contributed by atoms with Crippen molar-refractivity contribution in [3.8, 4) is 0 Å². The molecule has 2 atom stereocenters. The molecular weight excluding hydrogens is 456 g/mol. The Morgan fingerprint density at radius 1 is 1.00 bits per heavy atom. The van der Waals surface area contributed by atoms with E-state index in [9.17, 15) is 14.4 Å². The van der Waals surface area contributed by atoms with Crippen LogP contribution in [-0.2, 0) is 9.63 Å². The molecule has 3 aromatic rings. The fraction of sp³-hybridized carbons (Fsp3) is 0.379. The van der Waals surface area contributed by atoms with E-state index in [2.05, 4.69) is 37.3 Å². The number of rotatable bonds is 4. The van der Waals surface area contributed by atoms with Crippen LogP contribution in [0.3, 0.4) is 0 Å². The van der Waals surface area contributed by atoms with E-state index in [0.29, 0.717) is 29.5 Å². The lowest BCUT2D eigenvalue weighted by molar-refractivity contribution is -0.130. The van der Waals surface area contributed by atoms with Crippen molar-refractivity contribution in [2.75, 3.05) is 5.32 Å². The van der Waals surface area contributed by atoms with E-state index in [4.69, 9.17) is 9.25 Å². The van der Waals surface area contributed by atoms with Crippen molar-refractivity contribution in [3.63, 3.8) is 0 Å². The quantitative estimate of drug-likeness (QED) is 0.286. The van der Waals surface area contributed by atoms with E-state index < -0.39 is 27.8 Å². The third-order valence-electron chi connectivity index (χ3n) is 8.75. The molecule has 2 saturated carbocycles. The summed E-state index contributed by atoms with van der Waals surface area (Å²) >= 11 is 0. The number of amides is 1. The van der Waals surface area contributed by atoms with Crippen molar-refractivity contribution in [2.45, 2.75) is 53.9 Å². The molecule has 7 heteroatoms. The lowest BCUT2D eigenvalue weighted by atomic mass is 9.64. The van der Waals surface area contributed by atoms with Gasteiger partial charge in [0.05, 0.1) is 11.1 Å². The van der Waals surface area contributed by atoms with Crippen LogP contribution in [0.15, 0.2) is 62.9 Å². The van der Waals surface area contributed by atoms with Gasteiger partial charge < -0.3 is 14.6 Å². The Balaban J connectivity index is 1.42. The maximum Gasteiger partial charge on any atom is 0.373 e. The van der Waals surface area contributed by atoms with Gasteiger partial charge in [-0.25, -0.2) is 9.59 Å². The predicted molar refractivity (Wildman–Crippen MR) is 138 cm³/mol. The maximum absolute atomic E-state index is 13.7. The Bertz CT molecular complexity index is 1480. The van der Waals surface area contributed by atoms with Gasteiger partial charge in [-0.3, -0.25) is 4.79 Å². The molecule has 1 amide bonds. The third-order valence-corrected chi connectivity index (χ3v) is 8.75. The highest BCUT2D eigenvalue weighted by Gasteiger charge is 2.71. The number of hydrogen-bond donors (Lipinski definition) is 1. The van der Waals surface area contributed by atoms with Gasteiger partial charge in [0.25, 0.3) is 0 Å². The van der Waals surface area contributed by atoms with Crippen LogP contribution in [0, 0.1) is 30.1 Å². The maximum atomic E-state index is 13.7. The molecule has 1 aromatic heterocycles. The minimum Gasteiger partial charge on any atom is -0.422 e. The van der Waals surface area contributed by atoms with E-state index in [1.807, 2.05) is 26.0 Å². The smallest absolute Gasteiger partial charge is 0.373 e. The van der Waals surface area contributed by atoms with Crippen LogP contribution in [0.5, 0.6) is 0 Å². The molecule has 1 N–H and O–H groups in total. The molecule has 7 nitrogen and oxygen atoms in total. The Labute approximate surface area is 209 Å². The number of fused-ring (bicyclic) bond motifs is 3. The van der Waals surface area contributed by atoms with Gasteiger partial charge in [-0.15, -0.1) is 0 Å². The second-order valence-corrected chi connectivity index (χ2v) is 10.9. The number of hydrogen-bond acceptors (Lipinski definition) is 6. The summed E-state index contributed by atoms with van der Waals surface area (Å²) in [6.07, 6.45) is 1.84. The van der Waals surface area contributed by atoms with Crippen LogP contribution in [0.25, 0.3) is 11.0 Å². The minimum absolute atomic E-state index is 0.0482. The average Bonchev–Trinajstić information content (AvgIpc) is 3.12. The molecule has 2 aromatic carbocycles. The van der Waals surface area contributed by atoms with Crippen LogP contribution in [0.1, 0.15) is 61.5 Å². The largest absolute Gasteiger partial charge is 0.422 e. The number of carbonyl (C=O) groups is 2. The molecule has 1 heterocycles. The summed E-state index contributed by atoms with van der Waals surface area (Å²) in [6, 6.07) is 14.4. The first-order valence-corrected chi connectivity index (χ1v) is 12.2. The fourth-order valence-corrected chi connectivity index (χ4v) is 6.17. The van der Waals surface area contributed by atoms with Gasteiger partial charge in [-0.2, -0.15) is 0 Å².